The summed E-state index contributed by atoms with van der Waals surface area (Å²) in [6.45, 7) is 10.5. The first-order valence-electron chi connectivity index (χ1n) is 6.52. The molecule has 0 saturated carbocycles. The van der Waals surface area contributed by atoms with Gasteiger partial charge in [0.15, 0.2) is 0 Å². The van der Waals surface area contributed by atoms with E-state index in [1.165, 1.54) is 12.0 Å². The first-order valence-corrected chi connectivity index (χ1v) is 6.52. The van der Waals surface area contributed by atoms with Crippen LogP contribution in [-0.2, 0) is 13.1 Å². The number of nitrogens with one attached hydrogen (secondary N) is 1. The molecule has 0 spiro atoms. The number of furan rings is 1. The van der Waals surface area contributed by atoms with Crippen LogP contribution in [0.2, 0.25) is 0 Å². The quantitative estimate of drug-likeness (QED) is 0.791. The third kappa shape index (κ3) is 4.92. The van der Waals surface area contributed by atoms with Crippen molar-refractivity contribution in [3.05, 3.63) is 23.7 Å². The van der Waals surface area contributed by atoms with Crippen LogP contribution in [0.3, 0.4) is 0 Å². The van der Waals surface area contributed by atoms with Crippen LogP contribution in [-0.4, -0.2) is 24.0 Å². The molecule has 0 radical (unpaired) electrons. The molecule has 1 unspecified atom stereocenters. The number of hydrogen-bond acceptors (Lipinski definition) is 3. The highest BCUT2D eigenvalue weighted by Crippen LogP contribution is 2.12. The van der Waals surface area contributed by atoms with E-state index >= 15 is 0 Å². The molecule has 3 nitrogen and oxygen atoms in total. The fourth-order valence-corrected chi connectivity index (χ4v) is 1.64. The summed E-state index contributed by atoms with van der Waals surface area (Å²) in [5.41, 5.74) is 1.23. The molecule has 0 fully saturated rings. The predicted octanol–water partition coefficient (Wildman–Crippen LogP) is 3.01. The van der Waals surface area contributed by atoms with E-state index in [0.717, 1.165) is 18.8 Å². The average Bonchev–Trinajstić information content (AvgIpc) is 2.73. The highest BCUT2D eigenvalue weighted by atomic mass is 16.3. The molecule has 0 aliphatic heterocycles. The molecule has 98 valence electrons. The fraction of sp³-hybridized carbons (Fsp3) is 0.714. The zero-order valence-electron chi connectivity index (χ0n) is 11.8. The van der Waals surface area contributed by atoms with Gasteiger partial charge in [-0.2, -0.15) is 0 Å². The summed E-state index contributed by atoms with van der Waals surface area (Å²) < 4.78 is 5.58. The molecule has 17 heavy (non-hydrogen) atoms. The van der Waals surface area contributed by atoms with Gasteiger partial charge in [-0.15, -0.1) is 0 Å². The lowest BCUT2D eigenvalue weighted by molar-refractivity contribution is 0.225. The minimum Gasteiger partial charge on any atom is -0.468 e. The second kappa shape index (κ2) is 6.82. The summed E-state index contributed by atoms with van der Waals surface area (Å²) in [6.07, 6.45) is 3.02. The van der Waals surface area contributed by atoms with Crippen LogP contribution in [0.4, 0.5) is 0 Å². The number of rotatable bonds is 7. The van der Waals surface area contributed by atoms with Gasteiger partial charge in [0, 0.05) is 24.2 Å². The maximum atomic E-state index is 5.58. The van der Waals surface area contributed by atoms with Crippen molar-refractivity contribution in [1.29, 1.82) is 0 Å². The standard InChI is InChI=1S/C14H26N2O/c1-6-12(4)16(5)9-14-7-13(10-17-14)8-15-11(2)3/h7,10-12,15H,6,8-9H2,1-5H3. The zero-order valence-corrected chi connectivity index (χ0v) is 11.8. The summed E-state index contributed by atoms with van der Waals surface area (Å²) in [5, 5.41) is 3.39. The second-order valence-electron chi connectivity index (χ2n) is 5.13. The summed E-state index contributed by atoms with van der Waals surface area (Å²) in [5.74, 6) is 1.05. The van der Waals surface area contributed by atoms with Crippen LogP contribution < -0.4 is 5.32 Å². The van der Waals surface area contributed by atoms with Crippen LogP contribution >= 0.6 is 0 Å². The van der Waals surface area contributed by atoms with E-state index in [4.69, 9.17) is 4.42 Å². The summed E-state index contributed by atoms with van der Waals surface area (Å²) >= 11 is 0. The molecule has 0 bridgehead atoms. The minimum atomic E-state index is 0.510. The maximum Gasteiger partial charge on any atom is 0.118 e. The Morgan fingerprint density at radius 3 is 2.65 bits per heavy atom. The summed E-state index contributed by atoms with van der Waals surface area (Å²) in [7, 11) is 2.14. The van der Waals surface area contributed by atoms with Gasteiger partial charge in [0.05, 0.1) is 12.8 Å². The van der Waals surface area contributed by atoms with Gasteiger partial charge in [-0.1, -0.05) is 20.8 Å². The number of nitrogens with zero attached hydrogens (tertiary/aromatic N) is 1. The van der Waals surface area contributed by atoms with Crippen molar-refractivity contribution in [2.24, 2.45) is 0 Å². The average molecular weight is 238 g/mol. The molecule has 0 aliphatic carbocycles. The van der Waals surface area contributed by atoms with Crippen molar-refractivity contribution in [2.45, 2.75) is 59.3 Å². The summed E-state index contributed by atoms with van der Waals surface area (Å²) in [6, 6.07) is 3.25. The Morgan fingerprint density at radius 2 is 2.06 bits per heavy atom. The number of hydrogen-bond donors (Lipinski definition) is 1. The molecule has 1 atom stereocenters. The molecule has 3 heteroatoms. The molecule has 0 amide bonds. The Labute approximate surface area is 105 Å². The van der Waals surface area contributed by atoms with Gasteiger partial charge in [-0.05, 0) is 26.5 Å². The molecule has 1 aromatic heterocycles. The Morgan fingerprint density at radius 1 is 1.35 bits per heavy atom. The topological polar surface area (TPSA) is 28.4 Å². The van der Waals surface area contributed by atoms with Gasteiger partial charge in [0.25, 0.3) is 0 Å². The maximum absolute atomic E-state index is 5.58. The highest BCUT2D eigenvalue weighted by molar-refractivity contribution is 5.12. The van der Waals surface area contributed by atoms with Gasteiger partial charge in [0.2, 0.25) is 0 Å². The van der Waals surface area contributed by atoms with E-state index in [9.17, 15) is 0 Å². The Balaban J connectivity index is 2.45. The lowest BCUT2D eigenvalue weighted by Gasteiger charge is -2.21. The van der Waals surface area contributed by atoms with E-state index in [1.807, 2.05) is 6.26 Å². The largest absolute Gasteiger partial charge is 0.468 e. The Bertz CT molecular complexity index is 320. The summed E-state index contributed by atoms with van der Waals surface area (Å²) in [4.78, 5) is 2.32. The first-order chi connectivity index (χ1) is 8.02. The molecule has 1 aromatic rings. The normalized spacial score (nSPS) is 13.6. The third-order valence-corrected chi connectivity index (χ3v) is 3.17. The van der Waals surface area contributed by atoms with Crippen LogP contribution in [0.25, 0.3) is 0 Å². The first kappa shape index (κ1) is 14.3. The van der Waals surface area contributed by atoms with E-state index < -0.39 is 0 Å². The zero-order chi connectivity index (χ0) is 12.8. The van der Waals surface area contributed by atoms with Crippen molar-refractivity contribution < 1.29 is 4.42 Å². The lowest BCUT2D eigenvalue weighted by atomic mass is 10.2. The molecule has 0 aliphatic rings. The van der Waals surface area contributed by atoms with E-state index in [0.29, 0.717) is 12.1 Å². The fourth-order valence-electron chi connectivity index (χ4n) is 1.64. The molecule has 1 N–H and O–H groups in total. The van der Waals surface area contributed by atoms with E-state index in [-0.39, 0.29) is 0 Å². The van der Waals surface area contributed by atoms with Gasteiger partial charge in [-0.3, -0.25) is 4.90 Å². The minimum absolute atomic E-state index is 0.510. The van der Waals surface area contributed by atoms with Gasteiger partial charge < -0.3 is 9.73 Å². The van der Waals surface area contributed by atoms with Gasteiger partial charge >= 0.3 is 0 Å². The SMILES string of the molecule is CCC(C)N(C)Cc1cc(CNC(C)C)co1. The third-order valence-electron chi connectivity index (χ3n) is 3.17. The monoisotopic (exact) mass is 238 g/mol. The Hall–Kier alpha value is -0.800. The van der Waals surface area contributed by atoms with Crippen LogP contribution in [0.5, 0.6) is 0 Å². The van der Waals surface area contributed by atoms with Crippen LogP contribution in [0.1, 0.15) is 45.4 Å². The molecule has 0 saturated heterocycles. The molecular formula is C14H26N2O. The molecule has 1 rings (SSSR count). The Kier molecular flexibility index (Phi) is 5.72. The van der Waals surface area contributed by atoms with Crippen LogP contribution in [0, 0.1) is 0 Å². The van der Waals surface area contributed by atoms with Gasteiger partial charge in [0.1, 0.15) is 5.76 Å². The predicted molar refractivity (Wildman–Crippen MR) is 71.9 cm³/mol. The van der Waals surface area contributed by atoms with Crippen molar-refractivity contribution in [3.8, 4) is 0 Å². The van der Waals surface area contributed by atoms with Crippen molar-refractivity contribution in [2.75, 3.05) is 7.05 Å². The van der Waals surface area contributed by atoms with Crippen molar-refractivity contribution in [3.63, 3.8) is 0 Å². The second-order valence-corrected chi connectivity index (χ2v) is 5.13. The lowest BCUT2D eigenvalue weighted by Crippen LogP contribution is -2.27. The van der Waals surface area contributed by atoms with Crippen molar-refractivity contribution in [1.82, 2.24) is 10.2 Å². The van der Waals surface area contributed by atoms with E-state index in [1.54, 1.807) is 0 Å². The molecular weight excluding hydrogens is 212 g/mol. The van der Waals surface area contributed by atoms with E-state index in [2.05, 4.69) is 51.0 Å². The van der Waals surface area contributed by atoms with Crippen LogP contribution in [0.15, 0.2) is 16.7 Å². The van der Waals surface area contributed by atoms with Crippen molar-refractivity contribution >= 4 is 0 Å². The highest BCUT2D eigenvalue weighted by Gasteiger charge is 2.10. The van der Waals surface area contributed by atoms with Gasteiger partial charge in [-0.25, -0.2) is 0 Å². The smallest absolute Gasteiger partial charge is 0.118 e. The molecule has 0 aromatic carbocycles. The molecule has 1 heterocycles.